The maximum Gasteiger partial charge on any atom is 0.114 e. The first-order valence-corrected chi connectivity index (χ1v) is 6.38. The smallest absolute Gasteiger partial charge is 0.114 e. The standard InChI is InChI=1S/C12H16N2OS/c1-9-11(4-6-15-9)16-10-3-5-12(7-10,8-13)14-2/h4,6,10,14H,3,5,7H2,1-2H3. The van der Waals surface area contributed by atoms with Crippen LogP contribution in [0.15, 0.2) is 21.6 Å². The van der Waals surface area contributed by atoms with Crippen molar-refractivity contribution in [2.24, 2.45) is 0 Å². The Kier molecular flexibility index (Phi) is 3.27. The quantitative estimate of drug-likeness (QED) is 0.876. The zero-order chi connectivity index (χ0) is 11.6. The minimum absolute atomic E-state index is 0.310. The van der Waals surface area contributed by atoms with Crippen molar-refractivity contribution < 1.29 is 4.42 Å². The number of rotatable bonds is 3. The van der Waals surface area contributed by atoms with E-state index in [4.69, 9.17) is 4.42 Å². The molecule has 16 heavy (non-hydrogen) atoms. The number of thioether (sulfide) groups is 1. The minimum atomic E-state index is -0.310. The number of nitrogens with one attached hydrogen (secondary N) is 1. The molecule has 3 nitrogen and oxygen atoms in total. The Bertz CT molecular complexity index is 409. The van der Waals surface area contributed by atoms with E-state index in [2.05, 4.69) is 11.4 Å². The molecule has 1 aromatic rings. The van der Waals surface area contributed by atoms with Gasteiger partial charge in [0.2, 0.25) is 0 Å². The number of aryl methyl sites for hydroxylation is 1. The molecule has 2 unspecified atom stereocenters. The van der Waals surface area contributed by atoms with Gasteiger partial charge in [-0.3, -0.25) is 0 Å². The number of hydrogen-bond acceptors (Lipinski definition) is 4. The van der Waals surface area contributed by atoms with E-state index in [1.165, 1.54) is 4.90 Å². The Morgan fingerprint density at radius 1 is 1.69 bits per heavy atom. The zero-order valence-electron chi connectivity index (χ0n) is 9.62. The normalized spacial score (nSPS) is 29.2. The van der Waals surface area contributed by atoms with E-state index in [-0.39, 0.29) is 5.54 Å². The van der Waals surface area contributed by atoms with Crippen LogP contribution in [0.5, 0.6) is 0 Å². The Labute approximate surface area is 100 Å². The predicted molar refractivity (Wildman–Crippen MR) is 64.3 cm³/mol. The summed E-state index contributed by atoms with van der Waals surface area (Å²) in [7, 11) is 1.87. The van der Waals surface area contributed by atoms with Crippen LogP contribution in [0.2, 0.25) is 0 Å². The van der Waals surface area contributed by atoms with Crippen molar-refractivity contribution in [1.29, 1.82) is 5.26 Å². The first kappa shape index (κ1) is 11.6. The molecule has 0 amide bonds. The van der Waals surface area contributed by atoms with Crippen molar-refractivity contribution in [2.75, 3.05) is 7.05 Å². The fourth-order valence-corrected chi connectivity index (χ4v) is 3.47. The van der Waals surface area contributed by atoms with Gasteiger partial charge < -0.3 is 9.73 Å². The lowest BCUT2D eigenvalue weighted by Gasteiger charge is -2.19. The summed E-state index contributed by atoms with van der Waals surface area (Å²) in [6.45, 7) is 1.98. The highest BCUT2D eigenvalue weighted by molar-refractivity contribution is 8.00. The van der Waals surface area contributed by atoms with Gasteiger partial charge in [0.25, 0.3) is 0 Å². The lowest BCUT2D eigenvalue weighted by molar-refractivity contribution is 0.464. The summed E-state index contributed by atoms with van der Waals surface area (Å²) < 4.78 is 5.28. The maximum atomic E-state index is 9.17. The molecular formula is C12H16N2OS. The van der Waals surface area contributed by atoms with Crippen LogP contribution in [0.25, 0.3) is 0 Å². The monoisotopic (exact) mass is 236 g/mol. The molecule has 1 aromatic heterocycles. The SMILES string of the molecule is CNC1(C#N)CCC(Sc2ccoc2C)C1. The highest BCUT2D eigenvalue weighted by Gasteiger charge is 2.38. The topological polar surface area (TPSA) is 49.0 Å². The zero-order valence-corrected chi connectivity index (χ0v) is 10.4. The second kappa shape index (κ2) is 4.52. The second-order valence-corrected chi connectivity index (χ2v) is 5.61. The minimum Gasteiger partial charge on any atom is -0.468 e. The number of nitriles is 1. The third-order valence-electron chi connectivity index (χ3n) is 3.27. The van der Waals surface area contributed by atoms with E-state index < -0.39 is 0 Å². The van der Waals surface area contributed by atoms with Crippen LogP contribution in [0.1, 0.15) is 25.0 Å². The number of hydrogen-bond donors (Lipinski definition) is 1. The highest BCUT2D eigenvalue weighted by Crippen LogP contribution is 2.40. The van der Waals surface area contributed by atoms with Crippen LogP contribution in [0, 0.1) is 18.3 Å². The molecule has 2 atom stereocenters. The van der Waals surface area contributed by atoms with E-state index in [1.807, 2.05) is 31.8 Å². The molecule has 4 heteroatoms. The molecule has 1 heterocycles. The van der Waals surface area contributed by atoms with Crippen LogP contribution in [0.3, 0.4) is 0 Å². The van der Waals surface area contributed by atoms with Gasteiger partial charge in [-0.1, -0.05) is 0 Å². The molecule has 1 N–H and O–H groups in total. The van der Waals surface area contributed by atoms with Crippen molar-refractivity contribution in [3.05, 3.63) is 18.1 Å². The molecule has 1 aliphatic carbocycles. The molecule has 0 bridgehead atoms. The summed E-state index contributed by atoms with van der Waals surface area (Å²) in [4.78, 5) is 1.20. The van der Waals surface area contributed by atoms with Gasteiger partial charge in [-0.2, -0.15) is 5.26 Å². The van der Waals surface area contributed by atoms with Gasteiger partial charge >= 0.3 is 0 Å². The average molecular weight is 236 g/mol. The third kappa shape index (κ3) is 2.11. The molecule has 1 aliphatic rings. The van der Waals surface area contributed by atoms with Crippen molar-refractivity contribution in [2.45, 2.75) is 41.9 Å². The Balaban J connectivity index is 2.00. The molecule has 1 fully saturated rings. The summed E-state index contributed by atoms with van der Waals surface area (Å²) >= 11 is 1.83. The van der Waals surface area contributed by atoms with Crippen LogP contribution >= 0.6 is 11.8 Å². The predicted octanol–water partition coefficient (Wildman–Crippen LogP) is 2.71. The van der Waals surface area contributed by atoms with Gasteiger partial charge in [-0.25, -0.2) is 0 Å². The van der Waals surface area contributed by atoms with Crippen LogP contribution in [-0.4, -0.2) is 17.8 Å². The van der Waals surface area contributed by atoms with Crippen molar-refractivity contribution in [3.8, 4) is 6.07 Å². The molecule has 2 rings (SSSR count). The molecule has 1 saturated carbocycles. The summed E-state index contributed by atoms with van der Waals surface area (Å²) in [6, 6.07) is 4.41. The van der Waals surface area contributed by atoms with Gasteiger partial charge in [-0.05, 0) is 39.3 Å². The fraction of sp³-hybridized carbons (Fsp3) is 0.583. The Hall–Kier alpha value is -0.920. The maximum absolute atomic E-state index is 9.17. The number of nitrogens with zero attached hydrogens (tertiary/aromatic N) is 1. The lowest BCUT2D eigenvalue weighted by atomic mass is 10.0. The average Bonchev–Trinajstić information content (AvgIpc) is 2.88. The Morgan fingerprint density at radius 3 is 3.00 bits per heavy atom. The van der Waals surface area contributed by atoms with Gasteiger partial charge in [-0.15, -0.1) is 11.8 Å². The highest BCUT2D eigenvalue weighted by atomic mass is 32.2. The summed E-state index contributed by atoms with van der Waals surface area (Å²) in [5.74, 6) is 0.976. The van der Waals surface area contributed by atoms with Gasteiger partial charge in [0.15, 0.2) is 0 Å². The van der Waals surface area contributed by atoms with E-state index >= 15 is 0 Å². The lowest BCUT2D eigenvalue weighted by Crippen LogP contribution is -2.38. The molecule has 86 valence electrons. The molecular weight excluding hydrogens is 220 g/mol. The van der Waals surface area contributed by atoms with Crippen molar-refractivity contribution in [1.82, 2.24) is 5.32 Å². The van der Waals surface area contributed by atoms with E-state index in [1.54, 1.807) is 6.26 Å². The van der Waals surface area contributed by atoms with Crippen molar-refractivity contribution >= 4 is 11.8 Å². The van der Waals surface area contributed by atoms with Gasteiger partial charge in [0.05, 0.1) is 12.3 Å². The van der Waals surface area contributed by atoms with Crippen molar-refractivity contribution in [3.63, 3.8) is 0 Å². The molecule has 0 saturated heterocycles. The van der Waals surface area contributed by atoms with Gasteiger partial charge in [0, 0.05) is 10.1 Å². The molecule has 0 aromatic carbocycles. The third-order valence-corrected chi connectivity index (χ3v) is 4.68. The number of furan rings is 1. The summed E-state index contributed by atoms with van der Waals surface area (Å²) in [6.07, 6.45) is 4.66. The molecule has 0 aliphatic heterocycles. The first-order valence-electron chi connectivity index (χ1n) is 5.50. The van der Waals surface area contributed by atoms with E-state index in [0.717, 1.165) is 25.0 Å². The summed E-state index contributed by atoms with van der Waals surface area (Å²) in [5, 5.41) is 12.8. The summed E-state index contributed by atoms with van der Waals surface area (Å²) in [5.41, 5.74) is -0.310. The molecule has 0 spiro atoms. The Morgan fingerprint density at radius 2 is 2.50 bits per heavy atom. The van der Waals surface area contributed by atoms with E-state index in [9.17, 15) is 5.26 Å². The van der Waals surface area contributed by atoms with Crippen LogP contribution < -0.4 is 5.32 Å². The van der Waals surface area contributed by atoms with Crippen LogP contribution in [-0.2, 0) is 0 Å². The largest absolute Gasteiger partial charge is 0.468 e. The van der Waals surface area contributed by atoms with Gasteiger partial charge in [0.1, 0.15) is 11.3 Å². The fourth-order valence-electron chi connectivity index (χ4n) is 2.16. The first-order chi connectivity index (χ1) is 7.69. The second-order valence-electron chi connectivity index (χ2n) is 4.27. The van der Waals surface area contributed by atoms with Crippen LogP contribution in [0.4, 0.5) is 0 Å². The van der Waals surface area contributed by atoms with E-state index in [0.29, 0.717) is 5.25 Å². The molecule has 0 radical (unpaired) electrons.